The van der Waals surface area contributed by atoms with Crippen LogP contribution in [-0.4, -0.2) is 0 Å². The van der Waals surface area contributed by atoms with Crippen LogP contribution >= 0.6 is 43.2 Å². The maximum Gasteiger partial charge on any atom is 0.129 e. The summed E-state index contributed by atoms with van der Waals surface area (Å²) in [5.74, 6) is -0.112. The zero-order chi connectivity index (χ0) is 12.6. The van der Waals surface area contributed by atoms with E-state index in [2.05, 4.69) is 31.9 Å². The molecular weight excluding hydrogens is 367 g/mol. The van der Waals surface area contributed by atoms with E-state index in [0.29, 0.717) is 11.1 Å². The fourth-order valence-electron chi connectivity index (χ4n) is 1.76. The maximum absolute atomic E-state index is 13.6. The van der Waals surface area contributed by atoms with Crippen LogP contribution in [0.5, 0.6) is 0 Å². The van der Waals surface area contributed by atoms with Crippen molar-refractivity contribution in [1.82, 2.24) is 0 Å². The molecule has 0 fully saturated rings. The predicted molar refractivity (Wildman–Crippen MR) is 78.7 cm³/mol. The van der Waals surface area contributed by atoms with E-state index in [4.69, 9.17) is 0 Å². The zero-order valence-corrected chi connectivity index (χ0v) is 13.4. The quantitative estimate of drug-likeness (QED) is 0.584. The summed E-state index contributed by atoms with van der Waals surface area (Å²) >= 11 is 8.88. The molecule has 1 heterocycles. The highest BCUT2D eigenvalue weighted by Crippen LogP contribution is 2.39. The van der Waals surface area contributed by atoms with Gasteiger partial charge < -0.3 is 0 Å². The molecule has 1 atom stereocenters. The number of halogens is 3. The van der Waals surface area contributed by atoms with Gasteiger partial charge in [-0.2, -0.15) is 0 Å². The fourth-order valence-corrected chi connectivity index (χ4v) is 4.51. The Kier molecular flexibility index (Phi) is 4.06. The van der Waals surface area contributed by atoms with Crippen molar-refractivity contribution in [1.29, 1.82) is 0 Å². The molecule has 0 saturated heterocycles. The molecule has 0 amide bonds. The van der Waals surface area contributed by atoms with Gasteiger partial charge in [-0.1, -0.05) is 28.1 Å². The highest BCUT2D eigenvalue weighted by atomic mass is 79.9. The minimum atomic E-state index is -0.112. The van der Waals surface area contributed by atoms with Crippen LogP contribution in [0.3, 0.4) is 0 Å². The van der Waals surface area contributed by atoms with E-state index in [1.807, 2.05) is 23.6 Å². The van der Waals surface area contributed by atoms with Crippen molar-refractivity contribution in [3.05, 3.63) is 55.4 Å². The number of thiophene rings is 1. The molecule has 1 unspecified atom stereocenters. The number of alkyl halides is 1. The summed E-state index contributed by atoms with van der Waals surface area (Å²) in [5, 5.41) is 2.04. The van der Waals surface area contributed by atoms with Crippen LogP contribution < -0.4 is 0 Å². The molecule has 1 aromatic carbocycles. The second-order valence-corrected chi connectivity index (χ2v) is 6.68. The number of hydrogen-bond acceptors (Lipinski definition) is 1. The Hall–Kier alpha value is -0.190. The van der Waals surface area contributed by atoms with Crippen molar-refractivity contribution in [3.63, 3.8) is 0 Å². The normalized spacial score (nSPS) is 12.8. The van der Waals surface area contributed by atoms with E-state index >= 15 is 0 Å². The first-order valence-corrected chi connectivity index (χ1v) is 7.73. The molecule has 0 aliphatic rings. The molecule has 0 bridgehead atoms. The van der Waals surface area contributed by atoms with Gasteiger partial charge in [0.1, 0.15) is 5.82 Å². The van der Waals surface area contributed by atoms with Crippen molar-refractivity contribution in [2.24, 2.45) is 0 Å². The maximum atomic E-state index is 13.6. The first-order chi connectivity index (χ1) is 8.00. The Morgan fingerprint density at radius 3 is 2.29 bits per heavy atom. The van der Waals surface area contributed by atoms with E-state index in [1.54, 1.807) is 25.2 Å². The molecular formula is C13H11Br2FS. The van der Waals surface area contributed by atoms with Crippen molar-refractivity contribution in [2.45, 2.75) is 18.7 Å². The molecule has 4 heteroatoms. The standard InChI is InChI=1S/C13H11Br2FS/c1-7-5-9(6-8(2)12(7)16)11(15)13-10(14)3-4-17-13/h3-6,11H,1-2H3. The van der Waals surface area contributed by atoms with Crippen LogP contribution in [0.15, 0.2) is 28.1 Å². The molecule has 1 aromatic heterocycles. The van der Waals surface area contributed by atoms with E-state index in [9.17, 15) is 4.39 Å². The third-order valence-electron chi connectivity index (χ3n) is 2.63. The lowest BCUT2D eigenvalue weighted by atomic mass is 10.0. The summed E-state index contributed by atoms with van der Waals surface area (Å²) in [6, 6.07) is 5.82. The van der Waals surface area contributed by atoms with Gasteiger partial charge in [-0.05, 0) is 57.9 Å². The molecule has 2 aromatic rings. The van der Waals surface area contributed by atoms with Gasteiger partial charge in [0.05, 0.1) is 4.83 Å². The van der Waals surface area contributed by atoms with Gasteiger partial charge in [-0.25, -0.2) is 4.39 Å². The average molecular weight is 378 g/mol. The average Bonchev–Trinajstić information content (AvgIpc) is 2.70. The van der Waals surface area contributed by atoms with Crippen LogP contribution in [0, 0.1) is 19.7 Å². The van der Waals surface area contributed by atoms with Gasteiger partial charge in [-0.3, -0.25) is 0 Å². The minimum absolute atomic E-state index is 0.106. The Labute approximate surface area is 121 Å². The van der Waals surface area contributed by atoms with Crippen LogP contribution in [0.25, 0.3) is 0 Å². The fraction of sp³-hybridized carbons (Fsp3) is 0.231. The van der Waals surface area contributed by atoms with E-state index < -0.39 is 0 Å². The Bertz CT molecular complexity index is 525. The molecule has 0 spiro atoms. The molecule has 0 N–H and O–H groups in total. The summed E-state index contributed by atoms with van der Waals surface area (Å²) < 4.78 is 14.7. The first kappa shape index (κ1) is 13.2. The molecule has 0 nitrogen and oxygen atoms in total. The van der Waals surface area contributed by atoms with Crippen LogP contribution in [0.2, 0.25) is 0 Å². The lowest BCUT2D eigenvalue weighted by Gasteiger charge is -2.12. The summed E-state index contributed by atoms with van der Waals surface area (Å²) in [5.41, 5.74) is 2.47. The van der Waals surface area contributed by atoms with Gasteiger partial charge >= 0.3 is 0 Å². The number of aryl methyl sites for hydroxylation is 2. The second kappa shape index (κ2) is 5.21. The summed E-state index contributed by atoms with van der Waals surface area (Å²) in [6.45, 7) is 3.60. The third kappa shape index (κ3) is 2.64. The van der Waals surface area contributed by atoms with Crippen molar-refractivity contribution in [2.75, 3.05) is 0 Å². The number of rotatable bonds is 2. The van der Waals surface area contributed by atoms with E-state index in [1.165, 1.54) is 4.88 Å². The molecule has 0 saturated carbocycles. The minimum Gasteiger partial charge on any atom is -0.206 e. The van der Waals surface area contributed by atoms with Crippen LogP contribution in [0.4, 0.5) is 4.39 Å². The monoisotopic (exact) mass is 376 g/mol. The molecule has 17 heavy (non-hydrogen) atoms. The van der Waals surface area contributed by atoms with Gasteiger partial charge in [0, 0.05) is 9.35 Å². The van der Waals surface area contributed by atoms with E-state index in [-0.39, 0.29) is 10.6 Å². The topological polar surface area (TPSA) is 0 Å². The smallest absolute Gasteiger partial charge is 0.129 e. The lowest BCUT2D eigenvalue weighted by Crippen LogP contribution is -1.96. The second-order valence-electron chi connectivity index (χ2n) is 3.96. The molecule has 0 radical (unpaired) electrons. The van der Waals surface area contributed by atoms with Crippen molar-refractivity contribution >= 4 is 43.2 Å². The Balaban J connectivity index is 2.45. The molecule has 2 rings (SSSR count). The summed E-state index contributed by atoms with van der Waals surface area (Å²) in [6.07, 6.45) is 0. The van der Waals surface area contributed by atoms with Crippen molar-refractivity contribution in [3.8, 4) is 0 Å². The van der Waals surface area contributed by atoms with Crippen LogP contribution in [-0.2, 0) is 0 Å². The van der Waals surface area contributed by atoms with Gasteiger partial charge in [0.25, 0.3) is 0 Å². The molecule has 0 aliphatic heterocycles. The van der Waals surface area contributed by atoms with Gasteiger partial charge in [-0.15, -0.1) is 11.3 Å². The Morgan fingerprint density at radius 1 is 1.24 bits per heavy atom. The summed E-state index contributed by atoms with van der Waals surface area (Å²) in [4.78, 5) is 1.31. The number of benzene rings is 1. The van der Waals surface area contributed by atoms with Crippen molar-refractivity contribution < 1.29 is 4.39 Å². The number of hydrogen-bond donors (Lipinski definition) is 0. The lowest BCUT2D eigenvalue weighted by molar-refractivity contribution is 0.608. The van der Waals surface area contributed by atoms with Crippen LogP contribution in [0.1, 0.15) is 26.4 Å². The largest absolute Gasteiger partial charge is 0.206 e. The van der Waals surface area contributed by atoms with Gasteiger partial charge in [0.2, 0.25) is 0 Å². The highest BCUT2D eigenvalue weighted by molar-refractivity contribution is 9.11. The Morgan fingerprint density at radius 2 is 1.82 bits per heavy atom. The highest BCUT2D eigenvalue weighted by Gasteiger charge is 2.16. The molecule has 0 aliphatic carbocycles. The summed E-state index contributed by atoms with van der Waals surface area (Å²) in [7, 11) is 0. The first-order valence-electron chi connectivity index (χ1n) is 5.14. The zero-order valence-electron chi connectivity index (χ0n) is 9.43. The van der Waals surface area contributed by atoms with Gasteiger partial charge in [0.15, 0.2) is 0 Å². The third-order valence-corrected chi connectivity index (χ3v) is 5.85. The SMILES string of the molecule is Cc1cc(C(Br)c2sccc2Br)cc(C)c1F. The predicted octanol–water partition coefficient (Wildman–Crippen LogP) is 5.75. The van der Waals surface area contributed by atoms with E-state index in [0.717, 1.165) is 10.0 Å². The molecule has 90 valence electrons.